The van der Waals surface area contributed by atoms with Gasteiger partial charge >= 0.3 is 93.3 Å². The summed E-state index contributed by atoms with van der Waals surface area (Å²) in [4.78, 5) is 0. The molecule has 36 heteroatoms. The third-order valence-corrected chi connectivity index (χ3v) is 36.3. The molecule has 23 rings (SSSR count). The molecule has 5 aliphatic carbocycles. The summed E-state index contributed by atoms with van der Waals surface area (Å²) in [5.74, 6) is 5.70. The van der Waals surface area contributed by atoms with Crippen molar-refractivity contribution in [3.05, 3.63) is 325 Å². The normalized spacial score (nSPS) is 17.3. The van der Waals surface area contributed by atoms with Crippen LogP contribution in [0.5, 0.6) is 34.5 Å². The predicted molar refractivity (Wildman–Crippen MR) is 565 cm³/mol. The summed E-state index contributed by atoms with van der Waals surface area (Å²) in [6, 6.07) is 108. The van der Waals surface area contributed by atoms with Crippen LogP contribution >= 0.6 is 25.6 Å². The van der Waals surface area contributed by atoms with Gasteiger partial charge in [-0.25, -0.2) is 25.3 Å². The Bertz CT molecular complexity index is 7280. The van der Waals surface area contributed by atoms with Crippen LogP contribution in [-0.2, 0) is 101 Å². The number of aryl methyl sites for hydroxylation is 3. The maximum Gasteiger partial charge on any atom is 1.00 e. The third-order valence-electron chi connectivity index (χ3n) is 28.9. The number of nitrogens with zero attached hydrogens (tertiary/aromatic N) is 3. The zero-order valence-corrected chi connectivity index (χ0v) is 90.1. The maximum absolute atomic E-state index is 10.7. The summed E-state index contributed by atoms with van der Waals surface area (Å²) < 4.78 is 228. The van der Waals surface area contributed by atoms with Crippen LogP contribution in [0.1, 0.15) is 207 Å². The van der Waals surface area contributed by atoms with Crippen LogP contribution in [-0.4, -0.2) is 87.6 Å². The van der Waals surface area contributed by atoms with E-state index in [2.05, 4.69) is 319 Å². The van der Waals surface area contributed by atoms with Gasteiger partial charge in [0.2, 0.25) is 0 Å². The Kier molecular flexibility index (Phi) is 38.1. The smallest absolute Gasteiger partial charge is 0.741 e. The molecule has 0 N–H and O–H groups in total. The van der Waals surface area contributed by atoms with Gasteiger partial charge in [-0.3, -0.25) is 27.1 Å². The van der Waals surface area contributed by atoms with Gasteiger partial charge in [-0.05, 0) is 211 Å². The van der Waals surface area contributed by atoms with E-state index in [0.717, 1.165) is 95.3 Å². The summed E-state index contributed by atoms with van der Waals surface area (Å²) in [5.41, 5.74) is -1.10. The van der Waals surface area contributed by atoms with Crippen molar-refractivity contribution < 1.29 is 157 Å². The third kappa shape index (κ3) is 25.5. The van der Waals surface area contributed by atoms with Crippen molar-refractivity contribution in [2.45, 2.75) is 227 Å². The van der Waals surface area contributed by atoms with Gasteiger partial charge < -0.3 is 13.7 Å². The quantitative estimate of drug-likeness (QED) is 0.0231. The van der Waals surface area contributed by atoms with Crippen LogP contribution < -0.4 is 27.1 Å². The molecule has 0 amide bonds. The zero-order chi connectivity index (χ0) is 103. The molecule has 2 fully saturated rings. The molecule has 2 saturated carbocycles. The predicted octanol–water partition coefficient (Wildman–Crippen LogP) is 31.9. The number of fused-ring (bicyclic) bond motifs is 24. The molecule has 0 aromatic heterocycles. The summed E-state index contributed by atoms with van der Waals surface area (Å²) in [6.07, 6.45) is 30.6. The average Bonchev–Trinajstić information content (AvgIpc) is 1.18. The number of benzene rings is 15. The van der Waals surface area contributed by atoms with E-state index in [1.807, 2.05) is 0 Å². The van der Waals surface area contributed by atoms with Crippen molar-refractivity contribution in [3.63, 3.8) is 0 Å². The van der Waals surface area contributed by atoms with Gasteiger partial charge in [-0.1, -0.05) is 352 Å². The first kappa shape index (κ1) is 115. The van der Waals surface area contributed by atoms with Gasteiger partial charge in [0.25, 0.3) is 0 Å². The van der Waals surface area contributed by atoms with Gasteiger partial charge in [-0.15, -0.1) is 14.0 Å². The largest absolute Gasteiger partial charge is 1.00 e. The van der Waals surface area contributed by atoms with Gasteiger partial charge in [0.15, 0.2) is 64.9 Å². The molecule has 0 radical (unpaired) electrons. The molecule has 15 aromatic rings. The second kappa shape index (κ2) is 49.9. The Morgan fingerprint density at radius 2 is 0.493 bits per heavy atom. The molecule has 150 heavy (non-hydrogen) atoms. The van der Waals surface area contributed by atoms with E-state index < -0.39 is 72.5 Å². The molecule has 0 unspecified atom stereocenters. The number of hydrogen-bond acceptors (Lipinski definition) is 18. The van der Waals surface area contributed by atoms with Crippen LogP contribution in [0.2, 0.25) is 0 Å². The van der Waals surface area contributed by atoms with E-state index in [0.29, 0.717) is 36.3 Å². The van der Waals surface area contributed by atoms with Crippen molar-refractivity contribution in [2.24, 2.45) is 0 Å². The van der Waals surface area contributed by atoms with Crippen molar-refractivity contribution in [3.8, 4) is 67.9 Å². The second-order valence-corrected chi connectivity index (χ2v) is 46.6. The van der Waals surface area contributed by atoms with Crippen LogP contribution in [0.25, 0.3) is 98.0 Å². The fourth-order valence-corrected chi connectivity index (χ4v) is 28.3. The molecule has 0 bridgehead atoms. The number of unbranched alkanes of at least 4 members (excludes halogenated alkanes) is 2. The number of rotatable bonds is 15. The van der Waals surface area contributed by atoms with E-state index in [9.17, 15) is 39.5 Å². The monoisotopic (exact) mass is 2310 g/mol. The fourth-order valence-electron chi connectivity index (χ4n) is 22.1. The topological polar surface area (TPSA) is 237 Å². The molecular weight excluding hydrogens is 2200 g/mol. The Morgan fingerprint density at radius 1 is 0.287 bits per heavy atom. The summed E-state index contributed by atoms with van der Waals surface area (Å²) in [6.45, 7) is 4.61. The van der Waals surface area contributed by atoms with E-state index in [1.54, 1.807) is 0 Å². The molecule has 3 heterocycles. The van der Waals surface area contributed by atoms with E-state index in [4.69, 9.17) is 66.1 Å². The zero-order valence-electron chi connectivity index (χ0n) is 81.9. The summed E-state index contributed by atoms with van der Waals surface area (Å²) in [5, 5.41) is 14.7. The van der Waals surface area contributed by atoms with Gasteiger partial charge in [-0.2, -0.15) is 39.5 Å². The molecule has 8 aliphatic rings. The molecule has 3 atom stereocenters. The van der Waals surface area contributed by atoms with E-state index in [1.165, 1.54) is 231 Å². The minimum atomic E-state index is -6.09. The first-order valence-electron chi connectivity index (χ1n) is 50.2. The Hall–Kier alpha value is -9.51. The number of alkyl halides is 9. The number of hydrogen-bond donors (Lipinski definition) is 0. The molecule has 800 valence electrons. The van der Waals surface area contributed by atoms with Crippen LogP contribution in [0.4, 0.5) is 39.5 Å². The fraction of sp³-hybridized carbons (Fsp3) is 0.316. The molecule has 0 saturated heterocycles. The molecule has 0 spiro atoms. The standard InChI is InChI=1S/C38H40NO2P.C37H36NO2P.C36H34NO2P.3CHF3O3S.3Cu/c1-3-5-16-30(17-6-4-2)39(34-24-21-27-13-7-10-18-31(27)34)42-40-35-25-22-28-14-8-11-19-32(28)37(35)38-33-20-12-9-15-29(33)23-26-36(38)41-42;1-2-4-15-29(16-5-3-1)38(33-23-20-26-12-6-9-17-30(26)33)41-39-34-24-21-27-13-7-10-18-31(27)36(34)37-32-19-11-8-14-28(32)22-25-35(37)40-41;1-2-4-15-28(14-3-1)37(32-22-19-25-11-5-8-16-29(25)32)40-38-33-23-20-26-12-6-9-17-30(26)35(33)36-31-18-10-7-13-27(31)21-24-34(36)39-40;3*2-1(3,4)8(5,6)7;;;/h7-15,18-20,22-23,25-26,30,34H,3-6,16-17,21,24H2,1-2H3;6-14,17-19,21-22,24-25,29,33H,1-5,15-16,20,23H2;5-13,16-18,20-21,23-24,28,32H,1-4,14-15,19,22H2;3*(H,5,6,7);;;/q;;;;;;3*+1/t34-;33-;32-;;;;;;/m000....../s1. The van der Waals surface area contributed by atoms with Crippen molar-refractivity contribution in [1.29, 1.82) is 0 Å². The van der Waals surface area contributed by atoms with Crippen molar-refractivity contribution >= 4 is 121 Å². The first-order valence-corrected chi connectivity index (χ1v) is 58.2. The van der Waals surface area contributed by atoms with Crippen LogP contribution in [0.3, 0.4) is 0 Å². The molecule has 18 nitrogen and oxygen atoms in total. The van der Waals surface area contributed by atoms with Crippen LogP contribution in [0.15, 0.2) is 291 Å². The van der Waals surface area contributed by atoms with E-state index in [-0.39, 0.29) is 51.2 Å². The minimum absolute atomic E-state index is 0. The Morgan fingerprint density at radius 3 is 0.733 bits per heavy atom. The van der Waals surface area contributed by atoms with E-state index >= 15 is 0 Å². The van der Waals surface area contributed by atoms with Gasteiger partial charge in [0.1, 0.15) is 0 Å². The van der Waals surface area contributed by atoms with Gasteiger partial charge in [0.05, 0.1) is 36.3 Å². The SMILES string of the molecule is CCCCC(CCCC)N([C@H]1CCc2ccccc21)[PH+]1Oc2ccc3ccccc3c2-c2c(ccc3ccccc23)O1.O=S(=O)([O-])C(F)(F)F.O=S(=O)([O-])C(F)(F)F.O=S(=O)([O-])C(F)(F)F.[Cu+].[Cu+].[Cu+].c1ccc2c(c1)CC[C@@H]2N(C1CCCCCC1)[PH+]1Oc2ccc3ccccc3c2-c2c(ccc3ccccc23)O1.c1ccc2c(c1)CC[C@@H]2N(C1CCCCCCC1)[PH+]1Oc2ccc3ccccc3c2-c2c(ccc3ccccc23)O1. The first-order chi connectivity index (χ1) is 70.7. The summed E-state index contributed by atoms with van der Waals surface area (Å²) >= 11 is 0. The van der Waals surface area contributed by atoms with Crippen LogP contribution in [0, 0.1) is 0 Å². The second-order valence-electron chi connectivity index (χ2n) is 38.1. The Labute approximate surface area is 903 Å². The molecule has 3 aliphatic heterocycles. The molecular formula is C114H113Cu3F9N3O15P3S3+3. The van der Waals surface area contributed by atoms with Crippen molar-refractivity contribution in [2.75, 3.05) is 0 Å². The maximum atomic E-state index is 10.7. The Balaban J connectivity index is 0.000000150. The molecule has 15 aromatic carbocycles. The summed E-state index contributed by atoms with van der Waals surface area (Å²) in [7, 11) is -24.0. The van der Waals surface area contributed by atoms with Gasteiger partial charge in [0, 0.05) is 33.4 Å². The van der Waals surface area contributed by atoms with Crippen molar-refractivity contribution in [1.82, 2.24) is 14.0 Å². The number of halogens is 9. The average molecular weight is 2320 g/mol. The minimum Gasteiger partial charge on any atom is -0.741 e.